The number of fused-ring (bicyclic) bond motifs is 1. The molecule has 1 aromatic heterocycles. The number of benzene rings is 2. The van der Waals surface area contributed by atoms with Gasteiger partial charge < -0.3 is 10.2 Å². The van der Waals surface area contributed by atoms with Crippen LogP contribution in [0.3, 0.4) is 0 Å². The van der Waals surface area contributed by atoms with E-state index in [4.69, 9.17) is 0 Å². The molecule has 0 saturated heterocycles. The van der Waals surface area contributed by atoms with E-state index in [9.17, 15) is 13.7 Å². The summed E-state index contributed by atoms with van der Waals surface area (Å²) in [5, 5.41) is 13.5. The second-order valence-electron chi connectivity index (χ2n) is 7.46. The first kappa shape index (κ1) is 22.6. The van der Waals surface area contributed by atoms with Crippen molar-refractivity contribution < 1.29 is 8.42 Å². The number of nitriles is 1. The highest BCUT2D eigenvalue weighted by molar-refractivity contribution is 7.89. The Morgan fingerprint density at radius 3 is 2.48 bits per heavy atom. The Kier molecular flexibility index (Phi) is 7.17. The smallest absolute Gasteiger partial charge is 0.244 e. The molecule has 0 amide bonds. The number of nitrogens with one attached hydrogen (secondary N) is 1. The molecule has 0 bridgehead atoms. The number of hydrogen-bond acceptors (Lipinski definition) is 7. The maximum Gasteiger partial charge on any atom is 0.244 e. The zero-order valence-corrected chi connectivity index (χ0v) is 18.7. The Morgan fingerprint density at radius 2 is 1.74 bits per heavy atom. The topological polar surface area (TPSA) is 102 Å². The number of nitrogens with zero attached hydrogens (tertiary/aromatic N) is 5. The van der Waals surface area contributed by atoms with Crippen molar-refractivity contribution in [1.82, 2.24) is 19.2 Å². The molecule has 0 spiro atoms. The normalized spacial score (nSPS) is 11.7. The van der Waals surface area contributed by atoms with Crippen LogP contribution in [0.2, 0.25) is 0 Å². The van der Waals surface area contributed by atoms with Crippen molar-refractivity contribution in [3.8, 4) is 6.07 Å². The van der Waals surface area contributed by atoms with E-state index in [0.29, 0.717) is 11.6 Å². The molecule has 162 valence electrons. The average Bonchev–Trinajstić information content (AvgIpc) is 2.76. The van der Waals surface area contributed by atoms with Crippen LogP contribution in [-0.4, -0.2) is 61.8 Å². The summed E-state index contributed by atoms with van der Waals surface area (Å²) in [7, 11) is 1.65. The monoisotopic (exact) mass is 438 g/mol. The molecular formula is C22H26N6O2S. The van der Waals surface area contributed by atoms with Crippen molar-refractivity contribution >= 4 is 26.7 Å². The van der Waals surface area contributed by atoms with Gasteiger partial charge in [0.05, 0.1) is 22.5 Å². The fourth-order valence-corrected chi connectivity index (χ4v) is 4.43. The lowest BCUT2D eigenvalue weighted by molar-refractivity contribution is 0.405. The summed E-state index contributed by atoms with van der Waals surface area (Å²) in [5.41, 5.74) is 0.850. The van der Waals surface area contributed by atoms with Crippen LogP contribution < -0.4 is 5.32 Å². The third-order valence-electron chi connectivity index (χ3n) is 4.78. The Hall–Kier alpha value is -3.06. The number of anilines is 1. The first-order valence-electron chi connectivity index (χ1n) is 9.92. The molecule has 0 aliphatic heterocycles. The van der Waals surface area contributed by atoms with Gasteiger partial charge in [0, 0.05) is 19.0 Å². The van der Waals surface area contributed by atoms with Gasteiger partial charge in [0.25, 0.3) is 0 Å². The van der Waals surface area contributed by atoms with Crippen LogP contribution in [0.15, 0.2) is 53.4 Å². The minimum absolute atomic E-state index is 0.0146. The predicted molar refractivity (Wildman–Crippen MR) is 121 cm³/mol. The van der Waals surface area contributed by atoms with Crippen molar-refractivity contribution in [2.45, 2.75) is 17.9 Å². The Bertz CT molecular complexity index is 1200. The quantitative estimate of drug-likeness (QED) is 0.513. The highest BCUT2D eigenvalue weighted by atomic mass is 32.2. The molecule has 0 atom stereocenters. The van der Waals surface area contributed by atoms with E-state index in [-0.39, 0.29) is 17.0 Å². The molecule has 9 heteroatoms. The van der Waals surface area contributed by atoms with Gasteiger partial charge >= 0.3 is 0 Å². The second-order valence-corrected chi connectivity index (χ2v) is 9.47. The number of rotatable bonds is 9. The van der Waals surface area contributed by atoms with Gasteiger partial charge in [0.15, 0.2) is 0 Å². The molecule has 31 heavy (non-hydrogen) atoms. The maximum atomic E-state index is 13.0. The van der Waals surface area contributed by atoms with Crippen LogP contribution in [0.25, 0.3) is 10.9 Å². The van der Waals surface area contributed by atoms with Crippen molar-refractivity contribution in [3.63, 3.8) is 0 Å². The summed E-state index contributed by atoms with van der Waals surface area (Å²) in [5.74, 6) is 1.07. The molecule has 3 rings (SSSR count). The molecule has 0 aliphatic rings. The van der Waals surface area contributed by atoms with E-state index in [0.717, 1.165) is 30.4 Å². The molecule has 0 aliphatic carbocycles. The Balaban J connectivity index is 1.88. The minimum atomic E-state index is -3.87. The maximum absolute atomic E-state index is 13.0. The molecule has 1 heterocycles. The van der Waals surface area contributed by atoms with Gasteiger partial charge in [-0.2, -0.15) is 9.57 Å². The number of aromatic nitrogens is 2. The van der Waals surface area contributed by atoms with E-state index in [1.165, 1.54) is 23.5 Å². The Labute approximate surface area is 183 Å². The zero-order valence-electron chi connectivity index (χ0n) is 17.9. The van der Waals surface area contributed by atoms with E-state index in [2.05, 4.69) is 20.2 Å². The molecule has 0 saturated carbocycles. The molecule has 3 aromatic rings. The zero-order chi connectivity index (χ0) is 22.4. The van der Waals surface area contributed by atoms with Gasteiger partial charge in [0.1, 0.15) is 17.7 Å². The van der Waals surface area contributed by atoms with Gasteiger partial charge in [-0.1, -0.05) is 24.3 Å². The minimum Gasteiger partial charge on any atom is -0.369 e. The summed E-state index contributed by atoms with van der Waals surface area (Å²) >= 11 is 0. The summed E-state index contributed by atoms with van der Waals surface area (Å²) in [4.78, 5) is 11.2. The van der Waals surface area contributed by atoms with Crippen molar-refractivity contribution in [3.05, 3.63) is 59.9 Å². The molecule has 0 unspecified atom stereocenters. The van der Waals surface area contributed by atoms with Gasteiger partial charge in [-0.05, 0) is 51.3 Å². The van der Waals surface area contributed by atoms with E-state index in [1.807, 2.05) is 44.4 Å². The van der Waals surface area contributed by atoms with Crippen LogP contribution in [0.4, 0.5) is 5.82 Å². The van der Waals surface area contributed by atoms with Crippen molar-refractivity contribution in [2.75, 3.05) is 39.5 Å². The van der Waals surface area contributed by atoms with Crippen LogP contribution in [0, 0.1) is 11.3 Å². The molecular weight excluding hydrogens is 412 g/mol. The van der Waals surface area contributed by atoms with Gasteiger partial charge in [-0.3, -0.25) is 0 Å². The fraction of sp³-hybridized carbons (Fsp3) is 0.318. The molecule has 0 fully saturated rings. The molecule has 1 N–H and O–H groups in total. The largest absolute Gasteiger partial charge is 0.369 e. The highest BCUT2D eigenvalue weighted by Gasteiger charge is 2.25. The average molecular weight is 439 g/mol. The standard InChI is InChI=1S/C22H26N6O2S/c1-27(2)14-8-13-24-22-18-10-5-6-11-19(18)25-21(26-22)16-28(3)31(29,30)20-12-7-4-9-17(20)15-23/h4-7,9-12H,8,13-14,16H2,1-3H3,(H,24,25,26). The number of sulfonamides is 1. The number of hydrogen-bond donors (Lipinski definition) is 1. The van der Waals surface area contributed by atoms with Gasteiger partial charge in [-0.25, -0.2) is 18.4 Å². The highest BCUT2D eigenvalue weighted by Crippen LogP contribution is 2.23. The SMILES string of the molecule is CN(C)CCCNc1nc(CN(C)S(=O)(=O)c2ccccc2C#N)nc2ccccc12. The van der Waals surface area contributed by atoms with E-state index >= 15 is 0 Å². The van der Waals surface area contributed by atoms with Crippen LogP contribution in [0.1, 0.15) is 17.8 Å². The molecule has 2 aromatic carbocycles. The first-order chi connectivity index (χ1) is 14.8. The van der Waals surface area contributed by atoms with Gasteiger partial charge in [-0.15, -0.1) is 0 Å². The first-order valence-corrected chi connectivity index (χ1v) is 11.4. The molecule has 0 radical (unpaired) electrons. The second kappa shape index (κ2) is 9.83. The predicted octanol–water partition coefficient (Wildman–Crippen LogP) is 2.69. The summed E-state index contributed by atoms with van der Waals surface area (Å²) in [6, 6.07) is 15.7. The van der Waals surface area contributed by atoms with E-state index < -0.39 is 10.0 Å². The fourth-order valence-electron chi connectivity index (χ4n) is 3.17. The van der Waals surface area contributed by atoms with Crippen LogP contribution in [0.5, 0.6) is 0 Å². The van der Waals surface area contributed by atoms with Crippen LogP contribution in [-0.2, 0) is 16.6 Å². The molecule has 8 nitrogen and oxygen atoms in total. The lowest BCUT2D eigenvalue weighted by Gasteiger charge is -2.18. The summed E-state index contributed by atoms with van der Waals surface area (Å²) in [6.07, 6.45) is 0.944. The van der Waals surface area contributed by atoms with Crippen molar-refractivity contribution in [2.24, 2.45) is 0 Å². The Morgan fingerprint density at radius 1 is 1.03 bits per heavy atom. The summed E-state index contributed by atoms with van der Waals surface area (Å²) in [6.45, 7) is 1.67. The lowest BCUT2D eigenvalue weighted by Crippen LogP contribution is -2.28. The van der Waals surface area contributed by atoms with Crippen molar-refractivity contribution in [1.29, 1.82) is 5.26 Å². The summed E-state index contributed by atoms with van der Waals surface area (Å²) < 4.78 is 27.2. The third kappa shape index (κ3) is 5.35. The van der Waals surface area contributed by atoms with Gasteiger partial charge in [0.2, 0.25) is 10.0 Å². The number of para-hydroxylation sites is 1. The lowest BCUT2D eigenvalue weighted by atomic mass is 10.2. The third-order valence-corrected chi connectivity index (χ3v) is 6.65. The van der Waals surface area contributed by atoms with Crippen LogP contribution >= 0.6 is 0 Å². The van der Waals surface area contributed by atoms with E-state index in [1.54, 1.807) is 12.1 Å².